The number of hydrogen-bond acceptors (Lipinski definition) is 7. The first-order chi connectivity index (χ1) is 19.8. The van der Waals surface area contributed by atoms with Crippen molar-refractivity contribution in [1.29, 1.82) is 0 Å². The van der Waals surface area contributed by atoms with E-state index >= 15 is 0 Å². The predicted octanol–water partition coefficient (Wildman–Crippen LogP) is 4.84. The fourth-order valence-corrected chi connectivity index (χ4v) is 4.57. The number of rotatable bonds is 9. The lowest BCUT2D eigenvalue weighted by molar-refractivity contribution is -0.111. The van der Waals surface area contributed by atoms with E-state index in [0.717, 1.165) is 16.8 Å². The fourth-order valence-electron chi connectivity index (χ4n) is 4.57. The first-order valence-corrected chi connectivity index (χ1v) is 13.3. The van der Waals surface area contributed by atoms with E-state index in [-0.39, 0.29) is 18.0 Å². The van der Waals surface area contributed by atoms with Gasteiger partial charge in [-0.15, -0.1) is 0 Å². The van der Waals surface area contributed by atoms with Crippen molar-refractivity contribution in [3.05, 3.63) is 96.5 Å². The monoisotopic (exact) mass is 551 g/mol. The predicted molar refractivity (Wildman–Crippen MR) is 159 cm³/mol. The van der Waals surface area contributed by atoms with Gasteiger partial charge in [0.05, 0.1) is 30.2 Å². The number of benzene rings is 2. The summed E-state index contributed by atoms with van der Waals surface area (Å²) in [5.74, 6) is 0.566. The summed E-state index contributed by atoms with van der Waals surface area (Å²) in [5.41, 5.74) is 3.68. The zero-order valence-corrected chi connectivity index (χ0v) is 23.5. The Balaban J connectivity index is 1.50. The van der Waals surface area contributed by atoms with Gasteiger partial charge in [-0.3, -0.25) is 9.48 Å². The van der Waals surface area contributed by atoms with Crippen LogP contribution < -0.4 is 15.5 Å². The number of anilines is 5. The van der Waals surface area contributed by atoms with E-state index in [2.05, 4.69) is 20.7 Å². The Morgan fingerprint density at radius 2 is 1.90 bits per heavy atom. The zero-order chi connectivity index (χ0) is 28.9. The molecule has 2 aromatic carbocycles. The summed E-state index contributed by atoms with van der Waals surface area (Å²) in [6, 6.07) is 16.7. The highest BCUT2D eigenvalue weighted by molar-refractivity contribution is 6.03. The molecule has 0 spiro atoms. The Labute approximate surface area is 239 Å². The van der Waals surface area contributed by atoms with Gasteiger partial charge in [0.25, 0.3) is 0 Å². The van der Waals surface area contributed by atoms with E-state index in [9.17, 15) is 9.59 Å². The van der Waals surface area contributed by atoms with Gasteiger partial charge in [-0.2, -0.15) is 10.1 Å². The Morgan fingerprint density at radius 1 is 1.10 bits per heavy atom. The third-order valence-corrected chi connectivity index (χ3v) is 6.65. The van der Waals surface area contributed by atoms with Crippen LogP contribution in [0.15, 0.2) is 85.3 Å². The van der Waals surface area contributed by atoms with Crippen molar-refractivity contribution < 1.29 is 9.59 Å². The Kier molecular flexibility index (Phi) is 8.06. The summed E-state index contributed by atoms with van der Waals surface area (Å²) in [7, 11) is 5.69. The van der Waals surface area contributed by atoms with Crippen LogP contribution in [-0.4, -0.2) is 62.1 Å². The second-order valence-corrected chi connectivity index (χ2v) is 10.1. The van der Waals surface area contributed by atoms with Crippen LogP contribution in [0.5, 0.6) is 0 Å². The standard InChI is InChI=1S/C30H33N9O2/c1-21(22-10-6-5-7-11-22)38-19-23-17-31-29(34-25-18-32-37(4)20-25)35-28(23)39(30(38)41)26-13-8-12-24(16-26)33-27(40)14-9-15-36(2)3/h5-14,16-18,20-21H,15,19H2,1-4H3,(H,33,40)(H,31,34,35)/b14-9+/t21-/m0/s1. The Hall–Kier alpha value is -5.03. The van der Waals surface area contributed by atoms with Crippen LogP contribution in [0.2, 0.25) is 0 Å². The summed E-state index contributed by atoms with van der Waals surface area (Å²) in [6.45, 7) is 3.00. The van der Waals surface area contributed by atoms with Gasteiger partial charge in [-0.25, -0.2) is 14.7 Å². The van der Waals surface area contributed by atoms with Gasteiger partial charge in [0.2, 0.25) is 11.9 Å². The highest BCUT2D eigenvalue weighted by Crippen LogP contribution is 2.38. The highest BCUT2D eigenvalue weighted by atomic mass is 16.2. The molecule has 2 aromatic heterocycles. The second-order valence-electron chi connectivity index (χ2n) is 10.1. The van der Waals surface area contributed by atoms with Gasteiger partial charge in [0.15, 0.2) is 5.82 Å². The molecule has 4 aromatic rings. The normalized spacial score (nSPS) is 13.9. The number of urea groups is 1. The minimum atomic E-state index is -0.251. The topological polar surface area (TPSA) is 112 Å². The van der Waals surface area contributed by atoms with Gasteiger partial charge >= 0.3 is 6.03 Å². The van der Waals surface area contributed by atoms with E-state index < -0.39 is 0 Å². The molecule has 1 aliphatic heterocycles. The summed E-state index contributed by atoms with van der Waals surface area (Å²) >= 11 is 0. The third-order valence-electron chi connectivity index (χ3n) is 6.65. The molecule has 0 radical (unpaired) electrons. The smallest absolute Gasteiger partial charge is 0.322 e. The Morgan fingerprint density at radius 3 is 2.63 bits per heavy atom. The van der Waals surface area contributed by atoms with Crippen LogP contribution >= 0.6 is 0 Å². The van der Waals surface area contributed by atoms with Gasteiger partial charge in [-0.1, -0.05) is 42.5 Å². The number of nitrogens with one attached hydrogen (secondary N) is 2. The molecule has 11 heteroatoms. The summed E-state index contributed by atoms with van der Waals surface area (Å²) in [6.07, 6.45) is 8.52. The van der Waals surface area contributed by atoms with Gasteiger partial charge < -0.3 is 20.4 Å². The van der Waals surface area contributed by atoms with Gasteiger partial charge in [0, 0.05) is 43.3 Å². The minimum absolute atomic E-state index is 0.197. The van der Waals surface area contributed by atoms with E-state index in [1.165, 1.54) is 6.08 Å². The lowest BCUT2D eigenvalue weighted by atomic mass is 10.0. The fraction of sp³-hybridized carbons (Fsp3) is 0.233. The molecular formula is C30H33N9O2. The molecule has 210 valence electrons. The van der Waals surface area contributed by atoms with Crippen molar-refractivity contribution in [2.75, 3.05) is 36.2 Å². The number of hydrogen-bond donors (Lipinski definition) is 2. The molecule has 0 unspecified atom stereocenters. The molecule has 0 saturated carbocycles. The first kappa shape index (κ1) is 27.5. The maximum absolute atomic E-state index is 14.2. The highest BCUT2D eigenvalue weighted by Gasteiger charge is 2.36. The molecule has 3 amide bonds. The third kappa shape index (κ3) is 6.42. The lowest BCUT2D eigenvalue weighted by Gasteiger charge is -2.39. The number of nitrogens with zero attached hydrogens (tertiary/aromatic N) is 7. The number of aryl methyl sites for hydroxylation is 1. The lowest BCUT2D eigenvalue weighted by Crippen LogP contribution is -2.46. The van der Waals surface area contributed by atoms with Crippen LogP contribution in [0.3, 0.4) is 0 Å². The average Bonchev–Trinajstić information content (AvgIpc) is 3.37. The maximum Gasteiger partial charge on any atom is 0.331 e. The summed E-state index contributed by atoms with van der Waals surface area (Å²) < 4.78 is 1.68. The molecular weight excluding hydrogens is 518 g/mol. The number of fused-ring (bicyclic) bond motifs is 1. The number of carbonyl (C=O) groups excluding carboxylic acids is 2. The number of amides is 3. The minimum Gasteiger partial charge on any atom is -0.322 e. The zero-order valence-electron chi connectivity index (χ0n) is 23.5. The van der Waals surface area contributed by atoms with Crippen molar-refractivity contribution in [3.63, 3.8) is 0 Å². The van der Waals surface area contributed by atoms with E-state index in [1.54, 1.807) is 51.2 Å². The quantitative estimate of drug-likeness (QED) is 0.286. The molecule has 41 heavy (non-hydrogen) atoms. The molecule has 0 fully saturated rings. The number of aromatic nitrogens is 4. The van der Waals surface area contributed by atoms with Crippen LogP contribution in [0.25, 0.3) is 0 Å². The van der Waals surface area contributed by atoms with Crippen LogP contribution in [-0.2, 0) is 18.4 Å². The molecule has 5 rings (SSSR count). The number of likely N-dealkylation sites (N-methyl/N-ethyl adjacent to an activating group) is 1. The average molecular weight is 552 g/mol. The van der Waals surface area contributed by atoms with Crippen molar-refractivity contribution in [1.82, 2.24) is 29.5 Å². The van der Waals surface area contributed by atoms with Crippen molar-refractivity contribution >= 4 is 40.8 Å². The molecule has 1 atom stereocenters. The van der Waals surface area contributed by atoms with Crippen molar-refractivity contribution in [2.45, 2.75) is 19.5 Å². The summed E-state index contributed by atoms with van der Waals surface area (Å²) in [5, 5.41) is 10.2. The molecule has 1 aliphatic rings. The molecule has 2 N–H and O–H groups in total. The van der Waals surface area contributed by atoms with Gasteiger partial charge in [0.1, 0.15) is 0 Å². The molecule has 0 saturated heterocycles. The SMILES string of the molecule is C[C@@H](c1ccccc1)N1Cc2cnc(Nc3cnn(C)c3)nc2N(c2cccc(NC(=O)/C=C/CN(C)C)c2)C1=O. The van der Waals surface area contributed by atoms with Crippen LogP contribution in [0.4, 0.5) is 33.6 Å². The summed E-state index contributed by atoms with van der Waals surface area (Å²) in [4.78, 5) is 41.3. The second kappa shape index (κ2) is 12.0. The molecule has 3 heterocycles. The maximum atomic E-state index is 14.2. The largest absolute Gasteiger partial charge is 0.331 e. The van der Waals surface area contributed by atoms with E-state index in [0.29, 0.717) is 36.2 Å². The van der Waals surface area contributed by atoms with Crippen molar-refractivity contribution in [2.24, 2.45) is 7.05 Å². The van der Waals surface area contributed by atoms with Crippen LogP contribution in [0.1, 0.15) is 24.1 Å². The van der Waals surface area contributed by atoms with Gasteiger partial charge in [-0.05, 0) is 44.8 Å². The molecule has 0 aliphatic carbocycles. The molecule has 11 nitrogen and oxygen atoms in total. The van der Waals surface area contributed by atoms with E-state index in [4.69, 9.17) is 4.98 Å². The van der Waals surface area contributed by atoms with Crippen molar-refractivity contribution in [3.8, 4) is 0 Å². The number of carbonyl (C=O) groups is 2. The first-order valence-electron chi connectivity index (χ1n) is 13.3. The molecule has 0 bridgehead atoms. The van der Waals surface area contributed by atoms with E-state index in [1.807, 2.05) is 75.6 Å². The van der Waals surface area contributed by atoms with Crippen LogP contribution in [0, 0.1) is 0 Å². The Bertz CT molecular complexity index is 1570.